The largest absolute Gasteiger partial charge is 0.456 e. The molecule has 0 N–H and O–H groups in total. The van der Waals surface area contributed by atoms with E-state index < -0.39 is 0 Å². The van der Waals surface area contributed by atoms with Crippen LogP contribution < -0.4 is 4.90 Å². The van der Waals surface area contributed by atoms with Gasteiger partial charge in [-0.3, -0.25) is 0 Å². The fourth-order valence-corrected chi connectivity index (χ4v) is 10.1. The average Bonchev–Trinajstić information content (AvgIpc) is 3.95. The highest BCUT2D eigenvalue weighted by Crippen LogP contribution is 2.45. The van der Waals surface area contributed by atoms with Crippen molar-refractivity contribution in [2.24, 2.45) is 0 Å². The van der Waals surface area contributed by atoms with E-state index in [4.69, 9.17) is 9.40 Å². The summed E-state index contributed by atoms with van der Waals surface area (Å²) in [5.41, 5.74) is 11.9. The van der Waals surface area contributed by atoms with Gasteiger partial charge in [-0.1, -0.05) is 121 Å². The second kappa shape index (κ2) is 12.6. The van der Waals surface area contributed by atoms with Crippen molar-refractivity contribution >= 4 is 92.1 Å². The van der Waals surface area contributed by atoms with Crippen LogP contribution in [0, 0.1) is 0 Å². The van der Waals surface area contributed by atoms with Crippen molar-refractivity contribution in [2.75, 3.05) is 4.90 Å². The first-order valence-corrected chi connectivity index (χ1v) is 19.7. The standard InChI is InChI=1S/C49H30N2OS2/c1-3-11-32(12-4-1)37-15-7-9-17-42(37)51(36-24-26-39-38-16-8-10-18-43(38)52-44(39)30-36)35-22-19-31(20-23-35)34-21-25-40-46(29-34)53-45-28-27-41-48(47(40)45)54-49(50-41)33-13-5-2-6-14-33/h1-30H. The highest BCUT2D eigenvalue weighted by atomic mass is 32.1. The first kappa shape index (κ1) is 31.0. The third-order valence-corrected chi connectivity index (χ3v) is 12.6. The molecule has 0 fully saturated rings. The van der Waals surface area contributed by atoms with E-state index in [9.17, 15) is 0 Å². The molecule has 3 aromatic heterocycles. The molecule has 8 aromatic carbocycles. The molecule has 0 bridgehead atoms. The maximum absolute atomic E-state index is 6.38. The van der Waals surface area contributed by atoms with E-state index in [2.05, 4.69) is 175 Å². The minimum atomic E-state index is 0.871. The van der Waals surface area contributed by atoms with Gasteiger partial charge >= 0.3 is 0 Å². The van der Waals surface area contributed by atoms with E-state index >= 15 is 0 Å². The van der Waals surface area contributed by atoms with Gasteiger partial charge in [0.25, 0.3) is 0 Å². The van der Waals surface area contributed by atoms with Gasteiger partial charge in [-0.05, 0) is 71.3 Å². The third kappa shape index (κ3) is 5.12. The van der Waals surface area contributed by atoms with Gasteiger partial charge in [0.2, 0.25) is 0 Å². The predicted molar refractivity (Wildman–Crippen MR) is 231 cm³/mol. The molecule has 254 valence electrons. The fourth-order valence-electron chi connectivity index (χ4n) is 7.74. The number of anilines is 3. The minimum absolute atomic E-state index is 0.871. The molecule has 0 aliphatic carbocycles. The van der Waals surface area contributed by atoms with Gasteiger partial charge in [0.1, 0.15) is 16.2 Å². The lowest BCUT2D eigenvalue weighted by Gasteiger charge is -2.28. The maximum Gasteiger partial charge on any atom is 0.137 e. The predicted octanol–water partition coefficient (Wildman–Crippen LogP) is 15.0. The average molecular weight is 727 g/mol. The van der Waals surface area contributed by atoms with Crippen molar-refractivity contribution in [1.82, 2.24) is 4.98 Å². The monoisotopic (exact) mass is 726 g/mol. The van der Waals surface area contributed by atoms with Crippen molar-refractivity contribution in [3.8, 4) is 32.8 Å². The Morgan fingerprint density at radius 1 is 0.444 bits per heavy atom. The molecule has 11 aromatic rings. The highest BCUT2D eigenvalue weighted by Gasteiger charge is 2.20. The number of thiophene rings is 1. The van der Waals surface area contributed by atoms with E-state index in [1.165, 1.54) is 41.6 Å². The molecule has 11 rings (SSSR count). The molecule has 0 atom stereocenters. The topological polar surface area (TPSA) is 29.3 Å². The zero-order chi connectivity index (χ0) is 35.6. The van der Waals surface area contributed by atoms with Crippen molar-refractivity contribution in [1.29, 1.82) is 0 Å². The number of aromatic nitrogens is 1. The molecule has 0 spiro atoms. The molecule has 0 aliphatic rings. The summed E-state index contributed by atoms with van der Waals surface area (Å²) in [4.78, 5) is 7.36. The summed E-state index contributed by atoms with van der Waals surface area (Å²) < 4.78 is 10.2. The van der Waals surface area contributed by atoms with E-state index in [1.807, 2.05) is 23.5 Å². The second-order valence-corrected chi connectivity index (χ2v) is 15.6. The molecule has 0 saturated carbocycles. The van der Waals surface area contributed by atoms with Gasteiger partial charge in [-0.15, -0.1) is 22.7 Å². The Balaban J connectivity index is 1.01. The molecular weight excluding hydrogens is 697 g/mol. The van der Waals surface area contributed by atoms with Crippen molar-refractivity contribution in [2.45, 2.75) is 0 Å². The third-order valence-electron chi connectivity index (χ3n) is 10.3. The Morgan fingerprint density at radius 2 is 1.13 bits per heavy atom. The summed E-state index contributed by atoms with van der Waals surface area (Å²) in [6.45, 7) is 0. The quantitative estimate of drug-likeness (QED) is 0.171. The molecule has 3 nitrogen and oxygen atoms in total. The number of hydrogen-bond donors (Lipinski definition) is 0. The minimum Gasteiger partial charge on any atom is -0.456 e. The van der Waals surface area contributed by atoms with Crippen LogP contribution in [0.1, 0.15) is 0 Å². The lowest BCUT2D eigenvalue weighted by atomic mass is 10.0. The van der Waals surface area contributed by atoms with Crippen molar-refractivity contribution < 1.29 is 4.42 Å². The molecule has 0 radical (unpaired) electrons. The van der Waals surface area contributed by atoms with E-state index in [1.54, 1.807) is 11.3 Å². The number of para-hydroxylation sites is 2. The van der Waals surface area contributed by atoms with Crippen LogP contribution in [0.25, 0.3) is 85.2 Å². The normalized spacial score (nSPS) is 11.7. The van der Waals surface area contributed by atoms with E-state index in [0.717, 1.165) is 60.7 Å². The van der Waals surface area contributed by atoms with Crippen LogP contribution in [0.15, 0.2) is 186 Å². The SMILES string of the molecule is c1ccc(-c2nc3ccc4sc5cc(-c6ccc(N(c7ccc8c(c7)oc7ccccc78)c7ccccc7-c7ccccc7)cc6)ccc5c4c3s2)cc1. The number of hydrogen-bond acceptors (Lipinski definition) is 5. The maximum atomic E-state index is 6.38. The molecule has 3 heterocycles. The van der Waals surface area contributed by atoms with E-state index in [-0.39, 0.29) is 0 Å². The van der Waals surface area contributed by atoms with Crippen LogP contribution >= 0.6 is 22.7 Å². The van der Waals surface area contributed by atoms with Crippen molar-refractivity contribution in [3.63, 3.8) is 0 Å². The lowest BCUT2D eigenvalue weighted by molar-refractivity contribution is 0.669. The molecule has 0 amide bonds. The number of thiazole rings is 1. The zero-order valence-corrected chi connectivity index (χ0v) is 30.6. The van der Waals surface area contributed by atoms with Crippen LogP contribution in [0.3, 0.4) is 0 Å². The van der Waals surface area contributed by atoms with Gasteiger partial charge in [-0.2, -0.15) is 0 Å². The Labute approximate surface area is 319 Å². The first-order chi connectivity index (χ1) is 26.7. The number of nitrogens with zero attached hydrogens (tertiary/aromatic N) is 2. The summed E-state index contributed by atoms with van der Waals surface area (Å²) >= 11 is 3.64. The smallest absolute Gasteiger partial charge is 0.137 e. The van der Waals surface area contributed by atoms with Crippen LogP contribution in [0.5, 0.6) is 0 Å². The first-order valence-electron chi connectivity index (χ1n) is 18.0. The summed E-state index contributed by atoms with van der Waals surface area (Å²) in [6.07, 6.45) is 0. The van der Waals surface area contributed by atoms with Crippen molar-refractivity contribution in [3.05, 3.63) is 182 Å². The van der Waals surface area contributed by atoms with Gasteiger partial charge < -0.3 is 9.32 Å². The molecule has 5 heteroatoms. The summed E-state index contributed by atoms with van der Waals surface area (Å²) in [7, 11) is 0. The molecular formula is C49H30N2OS2. The number of rotatable bonds is 6. The van der Waals surface area contributed by atoms with Gasteiger partial charge in [0, 0.05) is 59.5 Å². The fraction of sp³-hybridized carbons (Fsp3) is 0. The Bertz CT molecular complexity index is 3160. The molecule has 0 aliphatic heterocycles. The lowest BCUT2D eigenvalue weighted by Crippen LogP contribution is -2.11. The van der Waals surface area contributed by atoms with Crippen LogP contribution in [-0.4, -0.2) is 4.98 Å². The highest BCUT2D eigenvalue weighted by molar-refractivity contribution is 7.28. The molecule has 54 heavy (non-hydrogen) atoms. The molecule has 0 unspecified atom stereocenters. The summed E-state index contributed by atoms with van der Waals surface area (Å²) in [5, 5.41) is 5.90. The Kier molecular flexibility index (Phi) is 7.22. The number of fused-ring (bicyclic) bond motifs is 8. The summed E-state index contributed by atoms with van der Waals surface area (Å²) in [6, 6.07) is 64.8. The number of furan rings is 1. The van der Waals surface area contributed by atoms with Gasteiger partial charge in [-0.25, -0.2) is 4.98 Å². The van der Waals surface area contributed by atoms with Gasteiger partial charge in [0.15, 0.2) is 0 Å². The molecule has 0 saturated heterocycles. The Hall–Kier alpha value is -6.53. The van der Waals surface area contributed by atoms with Crippen LogP contribution in [0.4, 0.5) is 17.1 Å². The van der Waals surface area contributed by atoms with Crippen LogP contribution in [-0.2, 0) is 0 Å². The second-order valence-electron chi connectivity index (χ2n) is 13.5. The Morgan fingerprint density at radius 3 is 1.98 bits per heavy atom. The van der Waals surface area contributed by atoms with Crippen LogP contribution in [0.2, 0.25) is 0 Å². The van der Waals surface area contributed by atoms with Gasteiger partial charge in [0.05, 0.1) is 15.9 Å². The number of benzene rings is 8. The van der Waals surface area contributed by atoms with E-state index in [0.29, 0.717) is 0 Å². The summed E-state index contributed by atoms with van der Waals surface area (Å²) in [5.74, 6) is 0. The zero-order valence-electron chi connectivity index (χ0n) is 28.9.